The van der Waals surface area contributed by atoms with Crippen LogP contribution in [0.2, 0.25) is 0 Å². The Balaban J connectivity index is 2.46. The number of fused-ring (bicyclic) bond motifs is 1. The van der Waals surface area contributed by atoms with Crippen molar-refractivity contribution in [3.8, 4) is 11.5 Å². The number of hydrogen-bond donors (Lipinski definition) is 4. The summed E-state index contributed by atoms with van der Waals surface area (Å²) in [6.07, 6.45) is -0.228. The van der Waals surface area contributed by atoms with Gasteiger partial charge in [0.15, 0.2) is 5.78 Å². The second-order valence-electron chi connectivity index (χ2n) is 4.49. The van der Waals surface area contributed by atoms with E-state index < -0.39 is 29.8 Å². The normalized spacial score (nSPS) is 13.7. The molecular weight excluding hydrogens is 266 g/mol. The largest absolute Gasteiger partial charge is 0.507 e. The summed E-state index contributed by atoms with van der Waals surface area (Å²) in [7, 11) is 0. The van der Waals surface area contributed by atoms with Crippen molar-refractivity contribution in [1.82, 2.24) is 4.90 Å². The summed E-state index contributed by atoms with van der Waals surface area (Å²) in [6, 6.07) is 1.14. The van der Waals surface area contributed by atoms with Crippen molar-refractivity contribution >= 4 is 11.7 Å². The van der Waals surface area contributed by atoms with Crippen molar-refractivity contribution in [1.29, 1.82) is 0 Å². The third-order valence-corrected chi connectivity index (χ3v) is 3.24. The number of β-amino-alcohol motifs (C(OH)–C–C–N with tert-alkyl or cyclic N) is 1. The zero-order valence-corrected chi connectivity index (χ0v) is 10.7. The van der Waals surface area contributed by atoms with E-state index in [1.54, 1.807) is 0 Å². The number of aliphatic hydroxyl groups excluding tert-OH is 2. The zero-order chi connectivity index (χ0) is 14.9. The maximum atomic E-state index is 12.0. The number of rotatable bonds is 5. The second-order valence-corrected chi connectivity index (χ2v) is 4.49. The fraction of sp³-hybridized carbons (Fsp3) is 0.385. The van der Waals surface area contributed by atoms with Crippen LogP contribution in [0.5, 0.6) is 11.5 Å². The first-order valence-electron chi connectivity index (χ1n) is 6.13. The molecule has 1 aromatic carbocycles. The van der Waals surface area contributed by atoms with Crippen LogP contribution in [0.15, 0.2) is 6.07 Å². The smallest absolute Gasteiger partial charge is 0.254 e. The van der Waals surface area contributed by atoms with Gasteiger partial charge in [-0.15, -0.1) is 0 Å². The number of carbonyl (C=O) groups is 2. The molecule has 1 aromatic rings. The Morgan fingerprint density at radius 2 is 1.95 bits per heavy atom. The highest BCUT2D eigenvalue weighted by Crippen LogP contribution is 2.38. The molecule has 1 aliphatic heterocycles. The Kier molecular flexibility index (Phi) is 3.91. The molecule has 4 N–H and O–H groups in total. The minimum Gasteiger partial charge on any atom is -0.507 e. The summed E-state index contributed by atoms with van der Waals surface area (Å²) in [4.78, 5) is 25.0. The maximum Gasteiger partial charge on any atom is 0.254 e. The number of ketones is 1. The van der Waals surface area contributed by atoms with E-state index in [0.717, 1.165) is 6.07 Å². The van der Waals surface area contributed by atoms with Crippen molar-refractivity contribution in [2.24, 2.45) is 0 Å². The predicted octanol–water partition coefficient (Wildman–Crippen LogP) is -0.389. The Hall–Kier alpha value is -2.12. The number of amides is 1. The van der Waals surface area contributed by atoms with E-state index in [-0.39, 0.29) is 42.8 Å². The van der Waals surface area contributed by atoms with Gasteiger partial charge in [0.1, 0.15) is 17.1 Å². The Bertz CT molecular complexity index is 568. The molecule has 0 radical (unpaired) electrons. The van der Waals surface area contributed by atoms with E-state index in [1.807, 2.05) is 0 Å². The highest BCUT2D eigenvalue weighted by Gasteiger charge is 2.33. The van der Waals surface area contributed by atoms with Crippen molar-refractivity contribution in [2.45, 2.75) is 13.0 Å². The molecule has 0 aromatic heterocycles. The van der Waals surface area contributed by atoms with Gasteiger partial charge < -0.3 is 25.3 Å². The fourth-order valence-electron chi connectivity index (χ4n) is 2.28. The van der Waals surface area contributed by atoms with E-state index in [9.17, 15) is 19.8 Å². The zero-order valence-electron chi connectivity index (χ0n) is 10.7. The first kappa shape index (κ1) is 14.3. The molecule has 1 aliphatic rings. The highest BCUT2D eigenvalue weighted by atomic mass is 16.3. The summed E-state index contributed by atoms with van der Waals surface area (Å²) in [6.45, 7) is -0.443. The van der Waals surface area contributed by atoms with Crippen LogP contribution in [0.4, 0.5) is 0 Å². The van der Waals surface area contributed by atoms with Gasteiger partial charge in [0.25, 0.3) is 5.91 Å². The molecule has 0 spiro atoms. The molecule has 0 saturated heterocycles. The minimum absolute atomic E-state index is 0.0697. The van der Waals surface area contributed by atoms with Crippen LogP contribution in [0.1, 0.15) is 32.7 Å². The maximum absolute atomic E-state index is 12.0. The molecule has 108 valence electrons. The van der Waals surface area contributed by atoms with Gasteiger partial charge in [-0.2, -0.15) is 0 Å². The van der Waals surface area contributed by atoms with E-state index in [2.05, 4.69) is 0 Å². The van der Waals surface area contributed by atoms with Gasteiger partial charge in [-0.1, -0.05) is 0 Å². The average molecular weight is 281 g/mol. The Morgan fingerprint density at radius 3 is 2.55 bits per heavy atom. The summed E-state index contributed by atoms with van der Waals surface area (Å²) in [5.41, 5.74) is 0.0907. The first-order chi connectivity index (χ1) is 9.51. The fourth-order valence-corrected chi connectivity index (χ4v) is 2.28. The SMILES string of the molecule is O=C(CCO)c1c(O)cc2c(c1O)CN(CCO)C2=O. The molecule has 0 fully saturated rings. The van der Waals surface area contributed by atoms with Crippen LogP contribution >= 0.6 is 0 Å². The predicted molar refractivity (Wildman–Crippen MR) is 67.6 cm³/mol. The number of phenolic OH excluding ortho intramolecular Hbond substituents is 2. The quantitative estimate of drug-likeness (QED) is 0.546. The molecule has 2 rings (SSSR count). The van der Waals surface area contributed by atoms with Gasteiger partial charge in [-0.05, 0) is 6.07 Å². The standard InChI is InChI=1S/C13H15NO6/c15-3-1-9(17)11-10(18)5-7-8(12(11)19)6-14(2-4-16)13(7)20/h5,15-16,18-19H,1-4,6H2. The molecule has 0 atom stereocenters. The summed E-state index contributed by atoms with van der Waals surface area (Å²) < 4.78 is 0. The third kappa shape index (κ3) is 2.21. The van der Waals surface area contributed by atoms with Crippen LogP contribution in [0, 0.1) is 0 Å². The number of aromatic hydroxyl groups is 2. The van der Waals surface area contributed by atoms with Crippen LogP contribution in [0.25, 0.3) is 0 Å². The molecule has 0 aliphatic carbocycles. The lowest BCUT2D eigenvalue weighted by Crippen LogP contribution is -2.26. The van der Waals surface area contributed by atoms with Gasteiger partial charge in [0.2, 0.25) is 0 Å². The van der Waals surface area contributed by atoms with Gasteiger partial charge in [-0.25, -0.2) is 0 Å². The number of phenols is 2. The lowest BCUT2D eigenvalue weighted by atomic mass is 9.99. The highest BCUT2D eigenvalue weighted by molar-refractivity contribution is 6.06. The number of aliphatic hydroxyl groups is 2. The molecule has 1 amide bonds. The molecule has 7 heteroatoms. The summed E-state index contributed by atoms with van der Waals surface area (Å²) in [5.74, 6) is -1.94. The topological polar surface area (TPSA) is 118 Å². The van der Waals surface area contributed by atoms with Gasteiger partial charge in [0.05, 0.1) is 25.3 Å². The molecule has 0 unspecified atom stereocenters. The third-order valence-electron chi connectivity index (χ3n) is 3.24. The lowest BCUT2D eigenvalue weighted by Gasteiger charge is -2.12. The summed E-state index contributed by atoms with van der Waals surface area (Å²) >= 11 is 0. The van der Waals surface area contributed by atoms with E-state index in [0.29, 0.717) is 0 Å². The van der Waals surface area contributed by atoms with Crippen LogP contribution < -0.4 is 0 Å². The number of hydrogen-bond acceptors (Lipinski definition) is 6. The van der Waals surface area contributed by atoms with Crippen LogP contribution in [-0.4, -0.2) is 56.8 Å². The first-order valence-corrected chi connectivity index (χ1v) is 6.13. The minimum atomic E-state index is -0.599. The van der Waals surface area contributed by atoms with Gasteiger partial charge >= 0.3 is 0 Å². The average Bonchev–Trinajstić information content (AvgIpc) is 2.69. The number of nitrogens with zero attached hydrogens (tertiary/aromatic N) is 1. The van der Waals surface area contributed by atoms with E-state index >= 15 is 0 Å². The molecular formula is C13H15NO6. The van der Waals surface area contributed by atoms with Crippen molar-refractivity contribution in [3.63, 3.8) is 0 Å². The monoisotopic (exact) mass is 281 g/mol. The Morgan fingerprint density at radius 1 is 1.25 bits per heavy atom. The number of carbonyl (C=O) groups excluding carboxylic acids is 2. The van der Waals surface area contributed by atoms with Crippen molar-refractivity contribution in [3.05, 3.63) is 22.8 Å². The van der Waals surface area contributed by atoms with E-state index in [4.69, 9.17) is 10.2 Å². The van der Waals surface area contributed by atoms with Crippen LogP contribution in [-0.2, 0) is 6.54 Å². The van der Waals surface area contributed by atoms with E-state index in [1.165, 1.54) is 4.90 Å². The molecule has 0 bridgehead atoms. The number of Topliss-reactive ketones (excluding diaryl/α,β-unsaturated/α-hetero) is 1. The number of benzene rings is 1. The van der Waals surface area contributed by atoms with Gasteiger partial charge in [-0.3, -0.25) is 9.59 Å². The van der Waals surface area contributed by atoms with Crippen molar-refractivity contribution < 1.29 is 30.0 Å². The molecule has 0 saturated carbocycles. The molecule has 1 heterocycles. The second kappa shape index (κ2) is 5.48. The van der Waals surface area contributed by atoms with Crippen LogP contribution in [0.3, 0.4) is 0 Å². The van der Waals surface area contributed by atoms with Gasteiger partial charge in [0, 0.05) is 18.5 Å². The lowest BCUT2D eigenvalue weighted by molar-refractivity contribution is 0.0745. The summed E-state index contributed by atoms with van der Waals surface area (Å²) in [5, 5.41) is 37.5. The van der Waals surface area contributed by atoms with Crippen molar-refractivity contribution in [2.75, 3.05) is 19.8 Å². The molecule has 20 heavy (non-hydrogen) atoms. The molecule has 7 nitrogen and oxygen atoms in total. The Labute approximate surface area is 114 Å².